The maximum absolute atomic E-state index is 5.92. The highest BCUT2D eigenvalue weighted by atomic mass is 79.9. The highest BCUT2D eigenvalue weighted by molar-refractivity contribution is 9.10. The van der Waals surface area contributed by atoms with E-state index in [0.29, 0.717) is 0 Å². The zero-order valence-corrected chi connectivity index (χ0v) is 13.9. The first-order chi connectivity index (χ1) is 9.04. The van der Waals surface area contributed by atoms with Gasteiger partial charge in [0.05, 0.1) is 17.6 Å². The Morgan fingerprint density at radius 2 is 2.00 bits per heavy atom. The first-order valence-electron chi connectivity index (χ1n) is 6.96. The number of piperidine rings is 1. The van der Waals surface area contributed by atoms with Crippen molar-refractivity contribution in [2.24, 2.45) is 11.8 Å². The molecule has 0 spiro atoms. The van der Waals surface area contributed by atoms with Crippen LogP contribution in [0.1, 0.15) is 20.3 Å². The maximum atomic E-state index is 5.92. The Balaban J connectivity index is 1.80. The first-order valence-corrected chi connectivity index (χ1v) is 8.13. The van der Waals surface area contributed by atoms with Gasteiger partial charge in [-0.15, -0.1) is 0 Å². The number of halogens is 2. The third-order valence-electron chi connectivity index (χ3n) is 3.69. The number of hydrogen-bond acceptors (Lipinski definition) is 1. The zero-order chi connectivity index (χ0) is 13.8. The van der Waals surface area contributed by atoms with E-state index in [2.05, 4.69) is 29.8 Å². The lowest BCUT2D eigenvalue weighted by molar-refractivity contribution is -0.912. The molecule has 1 aromatic carbocycles. The molecule has 2 atom stereocenters. The molecule has 1 aromatic rings. The second-order valence-electron chi connectivity index (χ2n) is 5.78. The summed E-state index contributed by atoms with van der Waals surface area (Å²) in [4.78, 5) is 1.66. The number of ether oxygens (including phenoxy) is 1. The van der Waals surface area contributed by atoms with Gasteiger partial charge in [-0.3, -0.25) is 0 Å². The fourth-order valence-corrected chi connectivity index (χ4v) is 3.82. The van der Waals surface area contributed by atoms with Crippen LogP contribution in [0.3, 0.4) is 0 Å². The van der Waals surface area contributed by atoms with Crippen LogP contribution < -0.4 is 9.64 Å². The Morgan fingerprint density at radius 1 is 1.32 bits per heavy atom. The van der Waals surface area contributed by atoms with Gasteiger partial charge in [0.15, 0.2) is 0 Å². The van der Waals surface area contributed by atoms with Crippen molar-refractivity contribution >= 4 is 27.5 Å². The molecular formula is C15H22BrClNO+. The maximum Gasteiger partial charge on any atom is 0.137 e. The van der Waals surface area contributed by atoms with Gasteiger partial charge >= 0.3 is 0 Å². The van der Waals surface area contributed by atoms with E-state index in [4.69, 9.17) is 16.3 Å². The van der Waals surface area contributed by atoms with Crippen molar-refractivity contribution in [2.75, 3.05) is 26.2 Å². The van der Waals surface area contributed by atoms with E-state index in [0.717, 1.165) is 40.2 Å². The van der Waals surface area contributed by atoms with Crippen molar-refractivity contribution in [1.29, 1.82) is 0 Å². The van der Waals surface area contributed by atoms with Crippen molar-refractivity contribution in [2.45, 2.75) is 20.3 Å². The normalized spacial score (nSPS) is 27.3. The molecule has 0 aromatic heterocycles. The second kappa shape index (κ2) is 6.96. The van der Waals surface area contributed by atoms with Crippen LogP contribution in [0.15, 0.2) is 22.7 Å². The molecule has 1 heterocycles. The van der Waals surface area contributed by atoms with Gasteiger partial charge in [0, 0.05) is 16.9 Å². The molecule has 1 saturated heterocycles. The average Bonchev–Trinajstić information content (AvgIpc) is 2.30. The lowest BCUT2D eigenvalue weighted by atomic mass is 9.92. The van der Waals surface area contributed by atoms with Crippen LogP contribution in [-0.2, 0) is 0 Å². The minimum Gasteiger partial charge on any atom is -0.487 e. The van der Waals surface area contributed by atoms with Crippen LogP contribution in [0.25, 0.3) is 0 Å². The molecule has 0 aliphatic carbocycles. The Kier molecular flexibility index (Phi) is 5.55. The summed E-state index contributed by atoms with van der Waals surface area (Å²) in [7, 11) is 0. The monoisotopic (exact) mass is 346 g/mol. The van der Waals surface area contributed by atoms with Crippen LogP contribution in [0, 0.1) is 11.8 Å². The first kappa shape index (κ1) is 15.1. The van der Waals surface area contributed by atoms with E-state index in [1.807, 2.05) is 18.2 Å². The molecular weight excluding hydrogens is 326 g/mol. The third-order valence-corrected chi connectivity index (χ3v) is 4.54. The minimum absolute atomic E-state index is 0.725. The molecule has 1 aliphatic heterocycles. The van der Waals surface area contributed by atoms with Crippen LogP contribution >= 0.6 is 27.5 Å². The summed E-state index contributed by atoms with van der Waals surface area (Å²) < 4.78 is 6.76. The smallest absolute Gasteiger partial charge is 0.137 e. The van der Waals surface area contributed by atoms with Gasteiger partial charge in [-0.2, -0.15) is 0 Å². The van der Waals surface area contributed by atoms with Crippen LogP contribution in [0.4, 0.5) is 0 Å². The minimum atomic E-state index is 0.725. The Hall–Kier alpha value is -0.250. The number of quaternary nitrogens is 1. The van der Waals surface area contributed by atoms with Gasteiger partial charge in [-0.05, 0) is 40.5 Å². The summed E-state index contributed by atoms with van der Waals surface area (Å²) in [6.07, 6.45) is 1.37. The van der Waals surface area contributed by atoms with Gasteiger partial charge < -0.3 is 9.64 Å². The van der Waals surface area contributed by atoms with Crippen molar-refractivity contribution in [3.63, 3.8) is 0 Å². The van der Waals surface area contributed by atoms with E-state index in [-0.39, 0.29) is 0 Å². The molecule has 19 heavy (non-hydrogen) atoms. The molecule has 0 amide bonds. The summed E-state index contributed by atoms with van der Waals surface area (Å²) in [5.74, 6) is 2.55. The van der Waals surface area contributed by atoms with Gasteiger partial charge in [-0.25, -0.2) is 0 Å². The van der Waals surface area contributed by atoms with Crippen LogP contribution in [0.2, 0.25) is 5.02 Å². The van der Waals surface area contributed by atoms with Crippen molar-refractivity contribution in [1.82, 2.24) is 0 Å². The third kappa shape index (κ3) is 4.66. The molecule has 1 aliphatic rings. The SMILES string of the molecule is C[C@@H]1C[C@@H](C)C[NH+](CCOc2ccc(Cl)cc2Br)C1. The fraction of sp³-hybridized carbons (Fsp3) is 0.600. The molecule has 4 heteroatoms. The van der Waals surface area contributed by atoms with Gasteiger partial charge in [0.2, 0.25) is 0 Å². The Morgan fingerprint density at radius 3 is 2.63 bits per heavy atom. The second-order valence-corrected chi connectivity index (χ2v) is 7.07. The number of hydrogen-bond donors (Lipinski definition) is 1. The van der Waals surface area contributed by atoms with Gasteiger partial charge in [-0.1, -0.05) is 25.4 Å². The number of benzene rings is 1. The summed E-state index contributed by atoms with van der Waals surface area (Å²) in [6, 6.07) is 5.65. The van der Waals surface area contributed by atoms with Crippen molar-refractivity contribution in [3.8, 4) is 5.75 Å². The van der Waals surface area contributed by atoms with E-state index in [9.17, 15) is 0 Å². The van der Waals surface area contributed by atoms with E-state index in [1.165, 1.54) is 19.5 Å². The lowest BCUT2D eigenvalue weighted by Crippen LogP contribution is -3.14. The van der Waals surface area contributed by atoms with Gasteiger partial charge in [0.25, 0.3) is 0 Å². The largest absolute Gasteiger partial charge is 0.487 e. The summed E-state index contributed by atoms with van der Waals surface area (Å²) in [5, 5.41) is 0.725. The standard InChI is InChI=1S/C15H21BrClNO/c1-11-7-12(2)10-18(9-11)5-6-19-15-4-3-13(17)8-14(15)16/h3-4,8,11-12H,5-7,9-10H2,1-2H3/p+1/t11-,12-/m1/s1. The van der Waals surface area contributed by atoms with E-state index >= 15 is 0 Å². The highest BCUT2D eigenvalue weighted by Gasteiger charge is 2.24. The molecule has 106 valence electrons. The van der Waals surface area contributed by atoms with Crippen molar-refractivity contribution in [3.05, 3.63) is 27.7 Å². The van der Waals surface area contributed by atoms with Gasteiger partial charge in [0.1, 0.15) is 18.9 Å². The number of likely N-dealkylation sites (tertiary alicyclic amines) is 1. The molecule has 2 rings (SSSR count). The quantitative estimate of drug-likeness (QED) is 0.884. The molecule has 1 fully saturated rings. The molecule has 0 saturated carbocycles. The molecule has 0 unspecified atom stereocenters. The lowest BCUT2D eigenvalue weighted by Gasteiger charge is -2.31. The molecule has 1 N–H and O–H groups in total. The van der Waals surface area contributed by atoms with Crippen LogP contribution in [-0.4, -0.2) is 26.2 Å². The number of rotatable bonds is 4. The summed E-state index contributed by atoms with van der Waals surface area (Å²) in [6.45, 7) is 9.09. The van der Waals surface area contributed by atoms with Crippen LogP contribution in [0.5, 0.6) is 5.75 Å². The topological polar surface area (TPSA) is 13.7 Å². The van der Waals surface area contributed by atoms with E-state index < -0.39 is 0 Å². The number of nitrogens with one attached hydrogen (secondary N) is 1. The van der Waals surface area contributed by atoms with E-state index in [1.54, 1.807) is 4.90 Å². The average molecular weight is 348 g/mol. The zero-order valence-electron chi connectivity index (χ0n) is 11.6. The Labute approximate surface area is 129 Å². The van der Waals surface area contributed by atoms with Crippen molar-refractivity contribution < 1.29 is 9.64 Å². The highest BCUT2D eigenvalue weighted by Crippen LogP contribution is 2.27. The molecule has 2 nitrogen and oxygen atoms in total. The summed E-state index contributed by atoms with van der Waals surface area (Å²) >= 11 is 9.39. The predicted octanol–water partition coefficient (Wildman–Crippen LogP) is 3.04. The Bertz CT molecular complexity index is 417. The fourth-order valence-electron chi connectivity index (χ4n) is 3.02. The molecule has 0 bridgehead atoms. The predicted molar refractivity (Wildman–Crippen MR) is 83.2 cm³/mol. The summed E-state index contributed by atoms with van der Waals surface area (Å²) in [5.41, 5.74) is 0. The molecule has 0 radical (unpaired) electrons.